The lowest BCUT2D eigenvalue weighted by atomic mass is 9.67. The van der Waals surface area contributed by atoms with Crippen molar-refractivity contribution in [2.45, 2.75) is 71.0 Å². The van der Waals surface area contributed by atoms with Gasteiger partial charge in [-0.25, -0.2) is 0 Å². The lowest BCUT2D eigenvalue weighted by Gasteiger charge is -2.51. The fourth-order valence-electron chi connectivity index (χ4n) is 7.48. The molecule has 2 nitrogen and oxygen atoms in total. The van der Waals surface area contributed by atoms with Crippen molar-refractivity contribution >= 4 is 11.4 Å². The molecule has 0 fully saturated rings. The summed E-state index contributed by atoms with van der Waals surface area (Å²) in [4.78, 5) is 4.96. The summed E-state index contributed by atoms with van der Waals surface area (Å²) in [6.07, 6.45) is 7.26. The third kappa shape index (κ3) is 10.1. The first kappa shape index (κ1) is 37.3. The van der Waals surface area contributed by atoms with Crippen molar-refractivity contribution in [2.24, 2.45) is 5.92 Å². The van der Waals surface area contributed by atoms with E-state index < -0.39 is 0 Å². The zero-order valence-electron chi connectivity index (χ0n) is 30.9. The third-order valence-electron chi connectivity index (χ3n) is 9.80. The van der Waals surface area contributed by atoms with E-state index >= 15 is 0 Å². The highest BCUT2D eigenvalue weighted by Gasteiger charge is 2.47. The average Bonchev–Trinajstić information content (AvgIpc) is 3.19. The maximum atomic E-state index is 2.63. The molecule has 6 aromatic rings. The largest absolute Gasteiger partial charge is 0.327 e. The van der Waals surface area contributed by atoms with E-state index in [0.717, 1.165) is 13.1 Å². The molecule has 0 atom stereocenters. The maximum absolute atomic E-state index is 2.63. The summed E-state index contributed by atoms with van der Waals surface area (Å²) in [5.74, 6) is 0.451. The maximum Gasteiger partial charge on any atom is 0.0983 e. The monoisotopic (exact) mass is 672 g/mol. The van der Waals surface area contributed by atoms with Crippen molar-refractivity contribution in [3.05, 3.63) is 204 Å². The Morgan fingerprint density at radius 3 is 1.08 bits per heavy atom. The van der Waals surface area contributed by atoms with Crippen LogP contribution in [0.4, 0.5) is 11.4 Å². The van der Waals surface area contributed by atoms with Crippen LogP contribution in [-0.4, -0.2) is 11.9 Å². The minimum absolute atomic E-state index is 0.338. The molecule has 0 radical (unpaired) electrons. The molecule has 0 heterocycles. The second-order valence-corrected chi connectivity index (χ2v) is 13.6. The standard InChI is InChI=1S/C34H39N.C15H17N/c1-3-5-19-29(20-6-4-2)34(30-21-11-7-12-22-30,31-23-13-8-14-24-31)35(32-25-15-9-16-26-32)33-27-17-10-18-28-33;1-16(12-14-8-4-2-5-9-14)13-15-10-6-3-7-11-15/h7-18,21-29H,3-6,19-20H2,1-2H3;2-11H,12-13H2,1H3. The summed E-state index contributed by atoms with van der Waals surface area (Å²) in [6, 6.07) is 65.6. The Hall–Kier alpha value is -4.92. The molecule has 262 valence electrons. The van der Waals surface area contributed by atoms with Gasteiger partial charge in [0.1, 0.15) is 0 Å². The van der Waals surface area contributed by atoms with E-state index in [1.807, 2.05) is 0 Å². The number of hydrogen-bond donors (Lipinski definition) is 0. The van der Waals surface area contributed by atoms with Crippen LogP contribution in [0.15, 0.2) is 182 Å². The Morgan fingerprint density at radius 2 is 0.745 bits per heavy atom. The van der Waals surface area contributed by atoms with Crippen molar-refractivity contribution in [1.82, 2.24) is 4.90 Å². The van der Waals surface area contributed by atoms with Gasteiger partial charge in [-0.3, -0.25) is 4.90 Å². The molecule has 2 heteroatoms. The summed E-state index contributed by atoms with van der Waals surface area (Å²) in [6.45, 7) is 6.62. The summed E-state index contributed by atoms with van der Waals surface area (Å²) >= 11 is 0. The van der Waals surface area contributed by atoms with Crippen molar-refractivity contribution in [3.8, 4) is 0 Å². The van der Waals surface area contributed by atoms with Crippen molar-refractivity contribution in [1.29, 1.82) is 0 Å². The number of rotatable bonds is 16. The molecular weight excluding hydrogens is 617 g/mol. The predicted octanol–water partition coefficient (Wildman–Crippen LogP) is 13.1. The minimum atomic E-state index is -0.338. The molecule has 0 saturated carbocycles. The van der Waals surface area contributed by atoms with Crippen molar-refractivity contribution < 1.29 is 0 Å². The number of hydrogen-bond acceptors (Lipinski definition) is 2. The highest BCUT2D eigenvalue weighted by molar-refractivity contribution is 5.70. The van der Waals surface area contributed by atoms with Crippen molar-refractivity contribution in [3.63, 3.8) is 0 Å². The van der Waals surface area contributed by atoms with Gasteiger partial charge in [0.25, 0.3) is 0 Å². The van der Waals surface area contributed by atoms with Gasteiger partial charge in [-0.2, -0.15) is 0 Å². The van der Waals surface area contributed by atoms with Gasteiger partial charge in [0.2, 0.25) is 0 Å². The SMILES string of the molecule is CCCCC(CCCC)C(c1ccccc1)(c1ccccc1)N(c1ccccc1)c1ccccc1.CN(Cc1ccccc1)Cc1ccccc1. The molecule has 0 aliphatic heterocycles. The van der Waals surface area contributed by atoms with Gasteiger partial charge in [0, 0.05) is 24.5 Å². The summed E-state index contributed by atoms with van der Waals surface area (Å²) < 4.78 is 0. The van der Waals surface area contributed by atoms with Crippen LogP contribution in [0.5, 0.6) is 0 Å². The number of anilines is 2. The Kier molecular flexibility index (Phi) is 14.7. The van der Waals surface area contributed by atoms with Crippen LogP contribution >= 0.6 is 0 Å². The van der Waals surface area contributed by atoms with Crippen LogP contribution in [0.1, 0.15) is 74.6 Å². The quantitative estimate of drug-likeness (QED) is 0.101. The summed E-state index contributed by atoms with van der Waals surface area (Å²) in [5, 5.41) is 0. The van der Waals surface area contributed by atoms with E-state index in [1.165, 1.54) is 72.2 Å². The van der Waals surface area contributed by atoms with E-state index in [1.54, 1.807) is 0 Å². The Balaban J connectivity index is 0.000000262. The molecule has 0 aliphatic carbocycles. The topological polar surface area (TPSA) is 6.48 Å². The van der Waals surface area contributed by atoms with Crippen molar-refractivity contribution in [2.75, 3.05) is 11.9 Å². The molecule has 0 N–H and O–H groups in total. The van der Waals surface area contributed by atoms with Gasteiger partial charge in [0.05, 0.1) is 5.54 Å². The Bertz CT molecular complexity index is 1630. The van der Waals surface area contributed by atoms with Crippen LogP contribution in [-0.2, 0) is 18.6 Å². The third-order valence-corrected chi connectivity index (χ3v) is 9.80. The first-order chi connectivity index (χ1) is 25.2. The number of benzene rings is 6. The predicted molar refractivity (Wildman–Crippen MR) is 219 cm³/mol. The molecule has 0 amide bonds. The van der Waals surface area contributed by atoms with Crippen LogP contribution < -0.4 is 4.90 Å². The summed E-state index contributed by atoms with van der Waals surface area (Å²) in [5.41, 5.74) is 7.55. The van der Waals surface area contributed by atoms with Crippen LogP contribution in [0, 0.1) is 5.92 Å². The highest BCUT2D eigenvalue weighted by Crippen LogP contribution is 2.51. The first-order valence-electron chi connectivity index (χ1n) is 18.9. The smallest absolute Gasteiger partial charge is 0.0983 e. The molecule has 6 aromatic carbocycles. The Morgan fingerprint density at radius 1 is 0.431 bits per heavy atom. The number of nitrogens with zero attached hydrogens (tertiary/aromatic N) is 2. The van der Waals surface area contributed by atoms with E-state index in [2.05, 4.69) is 213 Å². The van der Waals surface area contributed by atoms with Gasteiger partial charge in [-0.15, -0.1) is 0 Å². The molecule has 0 bridgehead atoms. The van der Waals surface area contributed by atoms with E-state index in [0.29, 0.717) is 5.92 Å². The van der Waals surface area contributed by atoms with Gasteiger partial charge < -0.3 is 4.90 Å². The molecule has 0 aliphatic rings. The molecule has 0 aromatic heterocycles. The molecule has 0 spiro atoms. The van der Waals surface area contributed by atoms with E-state index in [4.69, 9.17) is 0 Å². The van der Waals surface area contributed by atoms with Gasteiger partial charge in [-0.1, -0.05) is 197 Å². The average molecular weight is 673 g/mol. The lowest BCUT2D eigenvalue weighted by Crippen LogP contribution is -2.50. The van der Waals surface area contributed by atoms with Crippen LogP contribution in [0.2, 0.25) is 0 Å². The van der Waals surface area contributed by atoms with Gasteiger partial charge in [-0.05, 0) is 72.3 Å². The molecule has 0 unspecified atom stereocenters. The highest BCUT2D eigenvalue weighted by atomic mass is 15.2. The second kappa shape index (κ2) is 20.1. The Labute approximate surface area is 308 Å². The first-order valence-corrected chi connectivity index (χ1v) is 18.9. The molecule has 0 saturated heterocycles. The number of para-hydroxylation sites is 2. The fourth-order valence-corrected chi connectivity index (χ4v) is 7.48. The zero-order chi connectivity index (χ0) is 35.6. The summed E-state index contributed by atoms with van der Waals surface area (Å²) in [7, 11) is 2.15. The molecular formula is C49H56N2. The molecule has 51 heavy (non-hydrogen) atoms. The normalized spacial score (nSPS) is 11.2. The fraction of sp³-hybridized carbons (Fsp3) is 0.265. The van der Waals surface area contributed by atoms with Gasteiger partial charge >= 0.3 is 0 Å². The van der Waals surface area contributed by atoms with E-state index in [-0.39, 0.29) is 5.54 Å². The molecule has 6 rings (SSSR count). The lowest BCUT2D eigenvalue weighted by molar-refractivity contribution is 0.273. The second-order valence-electron chi connectivity index (χ2n) is 13.6. The van der Waals surface area contributed by atoms with Crippen LogP contribution in [0.25, 0.3) is 0 Å². The van der Waals surface area contributed by atoms with Gasteiger partial charge in [0.15, 0.2) is 0 Å². The zero-order valence-corrected chi connectivity index (χ0v) is 30.9. The minimum Gasteiger partial charge on any atom is -0.327 e. The number of unbranched alkanes of at least 4 members (excludes halogenated alkanes) is 2. The van der Waals surface area contributed by atoms with E-state index in [9.17, 15) is 0 Å². The van der Waals surface area contributed by atoms with Crippen LogP contribution in [0.3, 0.4) is 0 Å².